The van der Waals surface area contributed by atoms with E-state index in [1.165, 1.54) is 64.4 Å². The highest BCUT2D eigenvalue weighted by atomic mass is 32.2. The number of halogens is 1. The van der Waals surface area contributed by atoms with Gasteiger partial charge in [-0.05, 0) is 90.6 Å². The van der Waals surface area contributed by atoms with Gasteiger partial charge >= 0.3 is 0 Å². The third-order valence-electron chi connectivity index (χ3n) is 7.71. The van der Waals surface area contributed by atoms with Crippen LogP contribution in [0.3, 0.4) is 0 Å². The van der Waals surface area contributed by atoms with E-state index in [4.69, 9.17) is 0 Å². The quantitative estimate of drug-likeness (QED) is 0.211. The van der Waals surface area contributed by atoms with Gasteiger partial charge in [0.05, 0.1) is 0 Å². The second kappa shape index (κ2) is 8.31. The fourth-order valence-corrected chi connectivity index (χ4v) is 7.21. The lowest BCUT2D eigenvalue weighted by molar-refractivity contribution is 0.628. The van der Waals surface area contributed by atoms with Crippen molar-refractivity contribution in [1.29, 1.82) is 0 Å². The van der Waals surface area contributed by atoms with Gasteiger partial charge in [-0.25, -0.2) is 4.39 Å². The van der Waals surface area contributed by atoms with Gasteiger partial charge in [-0.15, -0.1) is 0 Å². The number of hydrogen-bond acceptors (Lipinski definition) is 1. The van der Waals surface area contributed by atoms with Crippen LogP contribution >= 0.6 is 11.8 Å². The molecular weight excluding hydrogens is 483 g/mol. The first-order valence-corrected chi connectivity index (χ1v) is 13.6. The van der Waals surface area contributed by atoms with Gasteiger partial charge in [0.1, 0.15) is 5.82 Å². The SMILES string of the molecule is Fc1ccc(-c2c3ccccc3c(-c3ccc4c(c3)-c3cccc5cccc(c35)S4)c3ccccc23)cc1. The zero-order valence-electron chi connectivity index (χ0n) is 20.4. The average molecular weight is 505 g/mol. The molecule has 38 heavy (non-hydrogen) atoms. The van der Waals surface area contributed by atoms with Gasteiger partial charge in [0.25, 0.3) is 0 Å². The summed E-state index contributed by atoms with van der Waals surface area (Å²) in [5, 5.41) is 7.37. The van der Waals surface area contributed by atoms with E-state index in [0.29, 0.717) is 0 Å². The Morgan fingerprint density at radius 3 is 1.68 bits per heavy atom. The van der Waals surface area contributed by atoms with Crippen LogP contribution in [-0.4, -0.2) is 0 Å². The van der Waals surface area contributed by atoms with Crippen molar-refractivity contribution in [3.05, 3.63) is 133 Å². The summed E-state index contributed by atoms with van der Waals surface area (Å²) >= 11 is 1.86. The van der Waals surface area contributed by atoms with Crippen molar-refractivity contribution >= 4 is 44.1 Å². The number of fused-ring (bicyclic) bond motifs is 4. The molecule has 0 aliphatic carbocycles. The van der Waals surface area contributed by atoms with Crippen LogP contribution in [0.2, 0.25) is 0 Å². The lowest BCUT2D eigenvalue weighted by Gasteiger charge is -2.22. The summed E-state index contributed by atoms with van der Waals surface area (Å²) in [5.41, 5.74) is 7.19. The molecule has 8 rings (SSSR count). The van der Waals surface area contributed by atoms with Gasteiger partial charge in [0.15, 0.2) is 0 Å². The molecule has 0 spiro atoms. The fraction of sp³-hybridized carbons (Fsp3) is 0. The molecule has 2 heteroatoms. The highest BCUT2D eigenvalue weighted by Gasteiger charge is 2.21. The molecule has 1 heterocycles. The first-order valence-electron chi connectivity index (χ1n) is 12.8. The highest BCUT2D eigenvalue weighted by Crippen LogP contribution is 2.50. The Morgan fingerprint density at radius 1 is 0.447 bits per heavy atom. The first-order chi connectivity index (χ1) is 18.8. The molecule has 0 saturated carbocycles. The summed E-state index contributed by atoms with van der Waals surface area (Å²) in [6.07, 6.45) is 0. The molecule has 0 amide bonds. The summed E-state index contributed by atoms with van der Waals surface area (Å²) in [6.45, 7) is 0. The van der Waals surface area contributed by atoms with E-state index in [0.717, 1.165) is 11.1 Å². The van der Waals surface area contributed by atoms with Crippen LogP contribution < -0.4 is 0 Å². The summed E-state index contributed by atoms with van der Waals surface area (Å²) in [4.78, 5) is 2.61. The van der Waals surface area contributed by atoms with E-state index in [1.54, 1.807) is 12.1 Å². The Kier molecular flexibility index (Phi) is 4.74. The Balaban J connectivity index is 1.45. The minimum absolute atomic E-state index is 0.220. The Labute approximate surface area is 224 Å². The molecular formula is C36H21FS. The molecule has 7 aromatic carbocycles. The predicted molar refractivity (Wildman–Crippen MR) is 159 cm³/mol. The largest absolute Gasteiger partial charge is 0.207 e. The monoisotopic (exact) mass is 504 g/mol. The zero-order valence-corrected chi connectivity index (χ0v) is 21.2. The molecule has 0 atom stereocenters. The van der Waals surface area contributed by atoms with E-state index in [2.05, 4.69) is 103 Å². The van der Waals surface area contributed by atoms with Crippen LogP contribution in [0.4, 0.5) is 4.39 Å². The van der Waals surface area contributed by atoms with Crippen LogP contribution in [0.25, 0.3) is 65.7 Å². The van der Waals surface area contributed by atoms with Crippen LogP contribution in [0.15, 0.2) is 137 Å². The van der Waals surface area contributed by atoms with Crippen molar-refractivity contribution in [3.63, 3.8) is 0 Å². The Hall–Kier alpha value is -4.40. The van der Waals surface area contributed by atoms with Gasteiger partial charge in [0.2, 0.25) is 0 Å². The van der Waals surface area contributed by atoms with E-state index in [-0.39, 0.29) is 5.82 Å². The van der Waals surface area contributed by atoms with Crippen molar-refractivity contribution in [2.75, 3.05) is 0 Å². The minimum Gasteiger partial charge on any atom is -0.207 e. The molecule has 0 bridgehead atoms. The molecule has 0 nitrogen and oxygen atoms in total. The van der Waals surface area contributed by atoms with Crippen molar-refractivity contribution in [2.24, 2.45) is 0 Å². The van der Waals surface area contributed by atoms with Gasteiger partial charge < -0.3 is 0 Å². The molecule has 1 aliphatic heterocycles. The predicted octanol–water partition coefficient (Wildman–Crippen LogP) is 10.8. The molecule has 0 unspecified atom stereocenters. The summed E-state index contributed by atoms with van der Waals surface area (Å²) in [6, 6.07) is 44.2. The lowest BCUT2D eigenvalue weighted by atomic mass is 9.85. The second-order valence-corrected chi connectivity index (χ2v) is 10.9. The van der Waals surface area contributed by atoms with Gasteiger partial charge in [-0.1, -0.05) is 109 Å². The molecule has 0 N–H and O–H groups in total. The molecule has 0 saturated heterocycles. The topological polar surface area (TPSA) is 0 Å². The fourth-order valence-electron chi connectivity index (χ4n) is 6.09. The zero-order chi connectivity index (χ0) is 25.2. The van der Waals surface area contributed by atoms with Gasteiger partial charge in [-0.2, -0.15) is 0 Å². The van der Waals surface area contributed by atoms with Crippen molar-refractivity contribution in [2.45, 2.75) is 9.79 Å². The number of rotatable bonds is 2. The molecule has 0 aromatic heterocycles. The lowest BCUT2D eigenvalue weighted by Crippen LogP contribution is -1.95. The molecule has 0 radical (unpaired) electrons. The summed E-state index contributed by atoms with van der Waals surface area (Å²) in [5.74, 6) is -0.220. The maximum Gasteiger partial charge on any atom is 0.123 e. The molecule has 1 aliphatic rings. The molecule has 178 valence electrons. The average Bonchev–Trinajstić information content (AvgIpc) is 2.97. The normalized spacial score (nSPS) is 12.2. The van der Waals surface area contributed by atoms with Crippen LogP contribution in [0.5, 0.6) is 0 Å². The number of hydrogen-bond donors (Lipinski definition) is 0. The molecule has 0 fully saturated rings. The van der Waals surface area contributed by atoms with Crippen molar-refractivity contribution < 1.29 is 4.39 Å². The Morgan fingerprint density at radius 2 is 1.03 bits per heavy atom. The van der Waals surface area contributed by atoms with E-state index >= 15 is 0 Å². The minimum atomic E-state index is -0.220. The van der Waals surface area contributed by atoms with E-state index in [9.17, 15) is 4.39 Å². The van der Waals surface area contributed by atoms with Crippen LogP contribution in [0.1, 0.15) is 0 Å². The third kappa shape index (κ3) is 3.17. The molecule has 7 aromatic rings. The smallest absolute Gasteiger partial charge is 0.123 e. The first kappa shape index (κ1) is 21.7. The highest BCUT2D eigenvalue weighted by molar-refractivity contribution is 7.99. The third-order valence-corrected chi connectivity index (χ3v) is 8.85. The second-order valence-electron chi connectivity index (χ2n) is 9.82. The summed E-state index contributed by atoms with van der Waals surface area (Å²) in [7, 11) is 0. The Bertz CT molecular complexity index is 1990. The van der Waals surface area contributed by atoms with E-state index < -0.39 is 0 Å². The maximum atomic E-state index is 13.8. The van der Waals surface area contributed by atoms with E-state index in [1.807, 2.05) is 23.9 Å². The summed E-state index contributed by atoms with van der Waals surface area (Å²) < 4.78 is 13.8. The van der Waals surface area contributed by atoms with Crippen LogP contribution in [-0.2, 0) is 0 Å². The van der Waals surface area contributed by atoms with Gasteiger partial charge in [0, 0.05) is 15.2 Å². The van der Waals surface area contributed by atoms with Crippen molar-refractivity contribution in [3.8, 4) is 33.4 Å². The maximum absolute atomic E-state index is 13.8. The van der Waals surface area contributed by atoms with Gasteiger partial charge in [-0.3, -0.25) is 0 Å². The number of benzene rings is 7. The standard InChI is InChI=1S/C36H21FS/c37-25-18-15-23(16-19-25)34-26-9-1-3-11-28(26)35(29-12-4-2-10-27(29)34)24-17-20-32-31(21-24)30-13-5-7-22-8-6-14-33(38-32)36(22)30/h1-21H. The van der Waals surface area contributed by atoms with Crippen LogP contribution in [0, 0.1) is 5.82 Å². The van der Waals surface area contributed by atoms with Crippen molar-refractivity contribution in [1.82, 2.24) is 0 Å².